The number of hydrogen-bond acceptors (Lipinski definition) is 5. The van der Waals surface area contributed by atoms with Crippen molar-refractivity contribution in [2.45, 2.75) is 4.90 Å². The molecule has 1 rings (SSSR count). The summed E-state index contributed by atoms with van der Waals surface area (Å²) in [4.78, 5) is 9.92. The predicted octanol–water partition coefficient (Wildman–Crippen LogP) is 0.857. The molecule has 0 atom stereocenters. The topological polar surface area (TPSA) is 89.8 Å². The quantitative estimate of drug-likeness (QED) is 0.454. The standard InChI is InChI=1S/C11H12N2O5S/c1-4-7-12(2)19(16,17)9-5-6-11(18-3)10(8-9)13(14)15/h1,5-6,8H,7H2,2-3H3. The largest absolute Gasteiger partial charge is 0.490 e. The van der Waals surface area contributed by atoms with Crippen LogP contribution in [0.3, 0.4) is 0 Å². The van der Waals surface area contributed by atoms with Gasteiger partial charge in [-0.05, 0) is 12.1 Å². The van der Waals surface area contributed by atoms with Crippen molar-refractivity contribution in [3.63, 3.8) is 0 Å². The molecule has 1 aromatic carbocycles. The average molecular weight is 284 g/mol. The number of hydrogen-bond donors (Lipinski definition) is 0. The summed E-state index contributed by atoms with van der Waals surface area (Å²) in [7, 11) is -1.29. The molecule has 1 aromatic rings. The lowest BCUT2D eigenvalue weighted by Crippen LogP contribution is -2.27. The predicted molar refractivity (Wildman–Crippen MR) is 68.3 cm³/mol. The Balaban J connectivity index is 3.34. The van der Waals surface area contributed by atoms with Crippen LogP contribution in [0.15, 0.2) is 23.1 Å². The van der Waals surface area contributed by atoms with E-state index in [0.717, 1.165) is 10.4 Å². The van der Waals surface area contributed by atoms with Gasteiger partial charge in [0.2, 0.25) is 10.0 Å². The maximum Gasteiger partial charge on any atom is 0.312 e. The summed E-state index contributed by atoms with van der Waals surface area (Å²) in [5.41, 5.74) is -0.419. The molecule has 0 N–H and O–H groups in total. The Labute approximate surface area is 111 Å². The van der Waals surface area contributed by atoms with Gasteiger partial charge in [-0.1, -0.05) is 5.92 Å². The van der Waals surface area contributed by atoms with E-state index in [1.165, 1.54) is 26.3 Å². The lowest BCUT2D eigenvalue weighted by molar-refractivity contribution is -0.386. The first-order chi connectivity index (χ1) is 8.84. The molecule has 0 radical (unpaired) electrons. The van der Waals surface area contributed by atoms with Gasteiger partial charge in [0.05, 0.1) is 23.5 Å². The monoisotopic (exact) mass is 284 g/mol. The van der Waals surface area contributed by atoms with Crippen LogP contribution in [-0.2, 0) is 10.0 Å². The van der Waals surface area contributed by atoms with Gasteiger partial charge in [0.15, 0.2) is 5.75 Å². The molecule has 0 aliphatic carbocycles. The molecule has 7 nitrogen and oxygen atoms in total. The van der Waals surface area contributed by atoms with Gasteiger partial charge >= 0.3 is 5.69 Å². The number of benzene rings is 1. The lowest BCUT2D eigenvalue weighted by atomic mass is 10.3. The van der Waals surface area contributed by atoms with Gasteiger partial charge < -0.3 is 4.74 Å². The Kier molecular flexibility index (Phi) is 4.47. The molecule has 0 spiro atoms. The second-order valence-electron chi connectivity index (χ2n) is 3.56. The van der Waals surface area contributed by atoms with E-state index >= 15 is 0 Å². The highest BCUT2D eigenvalue weighted by Gasteiger charge is 2.24. The van der Waals surface area contributed by atoms with E-state index in [1.807, 2.05) is 0 Å². The molecule has 0 fully saturated rings. The fraction of sp³-hybridized carbons (Fsp3) is 0.273. The minimum Gasteiger partial charge on any atom is -0.490 e. The van der Waals surface area contributed by atoms with Crippen molar-refractivity contribution in [2.75, 3.05) is 20.7 Å². The summed E-state index contributed by atoms with van der Waals surface area (Å²) >= 11 is 0. The fourth-order valence-electron chi connectivity index (χ4n) is 1.37. The average Bonchev–Trinajstić information content (AvgIpc) is 2.38. The summed E-state index contributed by atoms with van der Waals surface area (Å²) in [6.07, 6.45) is 5.04. The molecule has 0 aliphatic heterocycles. The third kappa shape index (κ3) is 3.01. The van der Waals surface area contributed by atoms with Gasteiger partial charge in [-0.25, -0.2) is 8.42 Å². The van der Waals surface area contributed by atoms with Crippen LogP contribution < -0.4 is 4.74 Å². The van der Waals surface area contributed by atoms with Crippen LogP contribution in [0.1, 0.15) is 0 Å². The van der Waals surface area contributed by atoms with Crippen LogP contribution in [-0.4, -0.2) is 38.3 Å². The molecule has 0 unspecified atom stereocenters. The number of sulfonamides is 1. The summed E-state index contributed by atoms with van der Waals surface area (Å²) in [5, 5.41) is 10.8. The van der Waals surface area contributed by atoms with Crippen LogP contribution in [0.25, 0.3) is 0 Å². The molecule has 0 bridgehead atoms. The minimum absolute atomic E-state index is 0.0106. The van der Waals surface area contributed by atoms with Crippen molar-refractivity contribution >= 4 is 15.7 Å². The van der Waals surface area contributed by atoms with Gasteiger partial charge in [0.25, 0.3) is 0 Å². The molecule has 0 amide bonds. The zero-order valence-electron chi connectivity index (χ0n) is 10.4. The number of nitro groups is 1. The first kappa shape index (κ1) is 14.9. The summed E-state index contributed by atoms with van der Waals surface area (Å²) in [6, 6.07) is 3.41. The smallest absolute Gasteiger partial charge is 0.312 e. The van der Waals surface area contributed by atoms with Crippen LogP contribution in [0.2, 0.25) is 0 Å². The fourth-order valence-corrected chi connectivity index (χ4v) is 2.47. The Hall–Kier alpha value is -2.11. The molecule has 102 valence electrons. The highest BCUT2D eigenvalue weighted by atomic mass is 32.2. The molecule has 0 heterocycles. The van der Waals surface area contributed by atoms with Crippen LogP contribution >= 0.6 is 0 Å². The molecule has 0 aromatic heterocycles. The van der Waals surface area contributed by atoms with Gasteiger partial charge in [-0.2, -0.15) is 4.31 Å². The Bertz CT molecular complexity index is 633. The second-order valence-corrected chi connectivity index (χ2v) is 5.60. The Morgan fingerprint density at radius 1 is 1.53 bits per heavy atom. The molecule has 0 aliphatic rings. The SMILES string of the molecule is C#CCN(C)S(=O)(=O)c1ccc(OC)c([N+](=O)[O-])c1. The zero-order valence-corrected chi connectivity index (χ0v) is 11.2. The molecule has 8 heteroatoms. The molecule has 0 saturated carbocycles. The third-order valence-corrected chi connectivity index (χ3v) is 4.17. The van der Waals surface area contributed by atoms with E-state index in [1.54, 1.807) is 0 Å². The number of methoxy groups -OCH3 is 1. The number of terminal acetylenes is 1. The molecule has 19 heavy (non-hydrogen) atoms. The van der Waals surface area contributed by atoms with Gasteiger partial charge in [0, 0.05) is 13.1 Å². The molecular formula is C11H12N2O5S. The summed E-state index contributed by atoms with van der Waals surface area (Å²) in [6.45, 7) is -0.123. The molecular weight excluding hydrogens is 272 g/mol. The van der Waals surface area contributed by atoms with Gasteiger partial charge in [-0.15, -0.1) is 6.42 Å². The number of nitrogens with zero attached hydrogens (tertiary/aromatic N) is 2. The van der Waals surface area contributed by atoms with Crippen molar-refractivity contribution < 1.29 is 18.1 Å². The van der Waals surface area contributed by atoms with E-state index in [0.29, 0.717) is 0 Å². The lowest BCUT2D eigenvalue weighted by Gasteiger charge is -2.14. The van der Waals surface area contributed by atoms with Crippen molar-refractivity contribution in [3.8, 4) is 18.1 Å². The summed E-state index contributed by atoms with van der Waals surface area (Å²) in [5.74, 6) is 2.18. The number of nitro benzene ring substituents is 1. The minimum atomic E-state index is -3.85. The van der Waals surface area contributed by atoms with E-state index in [-0.39, 0.29) is 17.2 Å². The van der Waals surface area contributed by atoms with Crippen molar-refractivity contribution in [2.24, 2.45) is 0 Å². The highest BCUT2D eigenvalue weighted by Crippen LogP contribution is 2.30. The van der Waals surface area contributed by atoms with E-state index < -0.39 is 20.6 Å². The molecule has 0 saturated heterocycles. The van der Waals surface area contributed by atoms with E-state index in [9.17, 15) is 18.5 Å². The zero-order chi connectivity index (χ0) is 14.6. The first-order valence-corrected chi connectivity index (χ1v) is 6.50. The van der Waals surface area contributed by atoms with Crippen molar-refractivity contribution in [3.05, 3.63) is 28.3 Å². The third-order valence-electron chi connectivity index (χ3n) is 2.37. The van der Waals surface area contributed by atoms with Crippen LogP contribution in [0, 0.1) is 22.5 Å². The Morgan fingerprint density at radius 2 is 2.16 bits per heavy atom. The number of ether oxygens (including phenoxy) is 1. The van der Waals surface area contributed by atoms with Gasteiger partial charge in [0.1, 0.15) is 0 Å². The van der Waals surface area contributed by atoms with E-state index in [4.69, 9.17) is 11.2 Å². The first-order valence-electron chi connectivity index (χ1n) is 5.06. The maximum atomic E-state index is 12.1. The van der Waals surface area contributed by atoms with E-state index in [2.05, 4.69) is 5.92 Å². The normalized spacial score (nSPS) is 11.1. The van der Waals surface area contributed by atoms with Crippen molar-refractivity contribution in [1.82, 2.24) is 4.31 Å². The second kappa shape index (κ2) is 5.69. The highest BCUT2D eigenvalue weighted by molar-refractivity contribution is 7.89. The van der Waals surface area contributed by atoms with Crippen molar-refractivity contribution in [1.29, 1.82) is 0 Å². The maximum absolute atomic E-state index is 12.1. The Morgan fingerprint density at radius 3 is 2.63 bits per heavy atom. The summed E-state index contributed by atoms with van der Waals surface area (Å²) < 4.78 is 29.9. The van der Waals surface area contributed by atoms with Gasteiger partial charge in [-0.3, -0.25) is 10.1 Å². The van der Waals surface area contributed by atoms with Crippen LogP contribution in [0.4, 0.5) is 5.69 Å². The van der Waals surface area contributed by atoms with Crippen LogP contribution in [0.5, 0.6) is 5.75 Å². The number of rotatable bonds is 5.